The predicted octanol–water partition coefficient (Wildman–Crippen LogP) is 3.95. The molecule has 0 aliphatic carbocycles. The highest BCUT2D eigenvalue weighted by Gasteiger charge is 2.02. The van der Waals surface area contributed by atoms with Crippen LogP contribution in [-0.2, 0) is 0 Å². The van der Waals surface area contributed by atoms with Gasteiger partial charge in [0.05, 0.1) is 11.3 Å². The van der Waals surface area contributed by atoms with Crippen molar-refractivity contribution >= 4 is 29.3 Å². The minimum atomic E-state index is -0.921. The molecule has 4 nitrogen and oxygen atoms in total. The lowest BCUT2D eigenvalue weighted by atomic mass is 10.1. The molecule has 0 aliphatic rings. The Morgan fingerprint density at radius 1 is 1.33 bits per heavy atom. The first-order chi connectivity index (χ1) is 10.1. The number of rotatable bonds is 5. The van der Waals surface area contributed by atoms with Crippen molar-refractivity contribution in [3.05, 3.63) is 64.4 Å². The van der Waals surface area contributed by atoms with Gasteiger partial charge in [-0.05, 0) is 36.8 Å². The summed E-state index contributed by atoms with van der Waals surface area (Å²) in [6.07, 6.45) is 3.63. The SMILES string of the molecule is CC(=Cc1ccc(C(=O)O)cc1)CNc1cccnc1Cl. The molecule has 108 valence electrons. The van der Waals surface area contributed by atoms with E-state index in [1.54, 1.807) is 30.5 Å². The number of aromatic carboxylic acids is 1. The average Bonchev–Trinajstić information content (AvgIpc) is 2.47. The van der Waals surface area contributed by atoms with Crippen molar-refractivity contribution in [2.75, 3.05) is 11.9 Å². The smallest absolute Gasteiger partial charge is 0.335 e. The van der Waals surface area contributed by atoms with Crippen molar-refractivity contribution in [3.63, 3.8) is 0 Å². The number of benzene rings is 1. The zero-order valence-electron chi connectivity index (χ0n) is 11.5. The number of carboxylic acid groups (broad SMARTS) is 1. The lowest BCUT2D eigenvalue weighted by molar-refractivity contribution is 0.0697. The average molecular weight is 303 g/mol. The van der Waals surface area contributed by atoms with E-state index in [0.29, 0.717) is 11.7 Å². The molecule has 1 aromatic heterocycles. The van der Waals surface area contributed by atoms with Crippen LogP contribution in [0, 0.1) is 0 Å². The van der Waals surface area contributed by atoms with E-state index in [2.05, 4.69) is 10.3 Å². The van der Waals surface area contributed by atoms with Crippen LogP contribution in [0.3, 0.4) is 0 Å². The Kier molecular flexibility index (Phi) is 4.95. The minimum Gasteiger partial charge on any atom is -0.478 e. The summed E-state index contributed by atoms with van der Waals surface area (Å²) in [4.78, 5) is 14.8. The molecule has 0 fully saturated rings. The molecule has 1 aromatic carbocycles. The van der Waals surface area contributed by atoms with Gasteiger partial charge in [0.15, 0.2) is 5.15 Å². The lowest BCUT2D eigenvalue weighted by Gasteiger charge is -2.08. The minimum absolute atomic E-state index is 0.282. The molecule has 0 saturated carbocycles. The Morgan fingerprint density at radius 2 is 2.05 bits per heavy atom. The van der Waals surface area contributed by atoms with Crippen LogP contribution in [0.1, 0.15) is 22.8 Å². The van der Waals surface area contributed by atoms with Crippen LogP contribution in [0.4, 0.5) is 5.69 Å². The van der Waals surface area contributed by atoms with Crippen LogP contribution in [0.25, 0.3) is 6.08 Å². The van der Waals surface area contributed by atoms with Crippen LogP contribution >= 0.6 is 11.6 Å². The normalized spacial score (nSPS) is 11.2. The number of hydrogen-bond acceptors (Lipinski definition) is 3. The van der Waals surface area contributed by atoms with E-state index in [-0.39, 0.29) is 5.56 Å². The molecule has 0 radical (unpaired) electrons. The molecular formula is C16H15ClN2O2. The first-order valence-electron chi connectivity index (χ1n) is 6.41. The third-order valence-electron chi connectivity index (χ3n) is 2.89. The van der Waals surface area contributed by atoms with Gasteiger partial charge in [-0.15, -0.1) is 0 Å². The summed E-state index contributed by atoms with van der Waals surface area (Å²) in [6, 6.07) is 10.4. The van der Waals surface area contributed by atoms with Crippen molar-refractivity contribution in [1.82, 2.24) is 4.98 Å². The summed E-state index contributed by atoms with van der Waals surface area (Å²) in [7, 11) is 0. The molecule has 0 amide bonds. The second-order valence-corrected chi connectivity index (χ2v) is 4.97. The molecule has 1 heterocycles. The van der Waals surface area contributed by atoms with Gasteiger partial charge in [0, 0.05) is 12.7 Å². The lowest BCUT2D eigenvalue weighted by Crippen LogP contribution is -2.03. The molecule has 21 heavy (non-hydrogen) atoms. The number of nitrogens with zero attached hydrogens (tertiary/aromatic N) is 1. The molecule has 2 aromatic rings. The van der Waals surface area contributed by atoms with E-state index in [9.17, 15) is 4.79 Å². The van der Waals surface area contributed by atoms with Crippen molar-refractivity contribution in [2.45, 2.75) is 6.92 Å². The molecule has 2 N–H and O–H groups in total. The first kappa shape index (κ1) is 15.1. The van der Waals surface area contributed by atoms with Gasteiger partial charge in [-0.3, -0.25) is 0 Å². The Bertz CT molecular complexity index is 666. The number of carbonyl (C=O) groups is 1. The fourth-order valence-corrected chi connectivity index (χ4v) is 2.00. The number of anilines is 1. The fourth-order valence-electron chi connectivity index (χ4n) is 1.81. The third kappa shape index (κ3) is 4.33. The molecule has 0 aliphatic heterocycles. The summed E-state index contributed by atoms with van der Waals surface area (Å²) in [6.45, 7) is 2.62. The monoisotopic (exact) mass is 302 g/mol. The number of aromatic nitrogens is 1. The number of halogens is 1. The Labute approximate surface area is 128 Å². The Hall–Kier alpha value is -2.33. The van der Waals surface area contributed by atoms with Crippen molar-refractivity contribution in [2.24, 2.45) is 0 Å². The predicted molar refractivity (Wildman–Crippen MR) is 84.8 cm³/mol. The number of pyridine rings is 1. The van der Waals surface area contributed by atoms with Crippen LogP contribution in [0.15, 0.2) is 48.2 Å². The van der Waals surface area contributed by atoms with Gasteiger partial charge in [-0.25, -0.2) is 9.78 Å². The van der Waals surface area contributed by atoms with Crippen molar-refractivity contribution < 1.29 is 9.90 Å². The highest BCUT2D eigenvalue weighted by Crippen LogP contribution is 2.18. The maximum atomic E-state index is 10.8. The van der Waals surface area contributed by atoms with E-state index in [1.807, 2.05) is 25.1 Å². The molecule has 2 rings (SSSR count). The fraction of sp³-hybridized carbons (Fsp3) is 0.125. The van der Waals surface area contributed by atoms with Gasteiger partial charge in [0.1, 0.15) is 0 Å². The second kappa shape index (κ2) is 6.90. The first-order valence-corrected chi connectivity index (χ1v) is 6.79. The van der Waals surface area contributed by atoms with Gasteiger partial charge in [-0.1, -0.05) is 35.4 Å². The highest BCUT2D eigenvalue weighted by atomic mass is 35.5. The summed E-state index contributed by atoms with van der Waals surface area (Å²) in [5, 5.41) is 12.5. The Morgan fingerprint density at radius 3 is 2.67 bits per heavy atom. The third-order valence-corrected chi connectivity index (χ3v) is 3.19. The summed E-state index contributed by atoms with van der Waals surface area (Å²) in [5.74, 6) is -0.921. The van der Waals surface area contributed by atoms with Crippen LogP contribution < -0.4 is 5.32 Å². The molecule has 0 bridgehead atoms. The summed E-state index contributed by atoms with van der Waals surface area (Å²) >= 11 is 5.97. The van der Waals surface area contributed by atoms with E-state index in [4.69, 9.17) is 16.7 Å². The van der Waals surface area contributed by atoms with Gasteiger partial charge in [0.25, 0.3) is 0 Å². The molecule has 0 atom stereocenters. The second-order valence-electron chi connectivity index (χ2n) is 4.61. The van der Waals surface area contributed by atoms with Crippen LogP contribution in [-0.4, -0.2) is 22.6 Å². The summed E-state index contributed by atoms with van der Waals surface area (Å²) < 4.78 is 0. The van der Waals surface area contributed by atoms with E-state index < -0.39 is 5.97 Å². The topological polar surface area (TPSA) is 62.2 Å². The number of nitrogens with one attached hydrogen (secondary N) is 1. The van der Waals surface area contributed by atoms with E-state index in [1.165, 1.54) is 0 Å². The van der Waals surface area contributed by atoms with Crippen LogP contribution in [0.5, 0.6) is 0 Å². The highest BCUT2D eigenvalue weighted by molar-refractivity contribution is 6.31. The maximum absolute atomic E-state index is 10.8. The van der Waals surface area contributed by atoms with Gasteiger partial charge in [-0.2, -0.15) is 0 Å². The van der Waals surface area contributed by atoms with Crippen LogP contribution in [0.2, 0.25) is 5.15 Å². The van der Waals surface area contributed by atoms with Gasteiger partial charge >= 0.3 is 5.97 Å². The molecular weight excluding hydrogens is 288 g/mol. The summed E-state index contributed by atoms with van der Waals surface area (Å²) in [5.41, 5.74) is 3.12. The zero-order valence-corrected chi connectivity index (χ0v) is 12.3. The van der Waals surface area contributed by atoms with Crippen molar-refractivity contribution in [1.29, 1.82) is 0 Å². The number of carboxylic acids is 1. The quantitative estimate of drug-likeness (QED) is 0.821. The maximum Gasteiger partial charge on any atom is 0.335 e. The van der Waals surface area contributed by atoms with Gasteiger partial charge in [0.2, 0.25) is 0 Å². The van der Waals surface area contributed by atoms with E-state index >= 15 is 0 Å². The number of hydrogen-bond donors (Lipinski definition) is 2. The molecule has 0 spiro atoms. The van der Waals surface area contributed by atoms with E-state index in [0.717, 1.165) is 16.8 Å². The molecule has 0 unspecified atom stereocenters. The standard InChI is InChI=1S/C16H15ClN2O2/c1-11(10-19-14-3-2-8-18-15(14)17)9-12-4-6-13(7-5-12)16(20)21/h2-9,19H,10H2,1H3,(H,20,21). The zero-order chi connectivity index (χ0) is 15.2. The molecule has 0 saturated heterocycles. The molecule has 5 heteroatoms. The Balaban J connectivity index is 2.01. The van der Waals surface area contributed by atoms with Crippen molar-refractivity contribution in [3.8, 4) is 0 Å². The van der Waals surface area contributed by atoms with Gasteiger partial charge < -0.3 is 10.4 Å². The largest absolute Gasteiger partial charge is 0.478 e.